The van der Waals surface area contributed by atoms with Crippen LogP contribution in [0.5, 0.6) is 5.75 Å². The van der Waals surface area contributed by atoms with Crippen molar-refractivity contribution in [2.75, 3.05) is 11.5 Å². The monoisotopic (exact) mass is 413 g/mol. The molecule has 0 unspecified atom stereocenters. The molecule has 2 aliphatic heterocycles. The topological polar surface area (TPSA) is 76.8 Å². The number of carbonyl (C=O) groups is 2. The smallest absolute Gasteiger partial charge is 0.336 e. The Labute approximate surface area is 177 Å². The summed E-state index contributed by atoms with van der Waals surface area (Å²) < 4.78 is 11.4. The van der Waals surface area contributed by atoms with Gasteiger partial charge in [-0.1, -0.05) is 24.3 Å². The summed E-state index contributed by atoms with van der Waals surface area (Å²) in [7, 11) is 0. The number of fused-ring (bicyclic) bond motifs is 6. The Morgan fingerprint density at radius 3 is 2.55 bits per heavy atom. The van der Waals surface area contributed by atoms with E-state index in [1.165, 1.54) is 11.0 Å². The van der Waals surface area contributed by atoms with Gasteiger partial charge in [-0.25, -0.2) is 4.79 Å². The zero-order chi connectivity index (χ0) is 21.1. The lowest BCUT2D eigenvalue weighted by atomic mass is 9.71. The molecule has 31 heavy (non-hydrogen) atoms. The Bertz CT molecular complexity index is 1320. The number of rotatable bonds is 1. The largest absolute Gasteiger partial charge is 0.489 e. The zero-order valence-electron chi connectivity index (χ0n) is 16.6. The van der Waals surface area contributed by atoms with Crippen LogP contribution < -0.4 is 15.3 Å². The molecule has 0 bridgehead atoms. The van der Waals surface area contributed by atoms with E-state index in [0.717, 1.165) is 22.3 Å². The molecule has 1 fully saturated rings. The summed E-state index contributed by atoms with van der Waals surface area (Å²) in [5, 5.41) is 0.803. The standard InChI is InChI=1S/C25H19NO5/c27-22-11-8-16-19-12-18-14(13-30-20(19)9-10-21(16)31-22)6-7-17-23(18)25(29)26(24(17)28)15-4-2-1-3-5-15/h1-6,8-11,17-18,23H,7,12-13H2/t17-,18+,23-/m0/s1. The van der Waals surface area contributed by atoms with E-state index in [0.29, 0.717) is 30.7 Å². The zero-order valence-corrected chi connectivity index (χ0v) is 16.6. The number of allylic oxidation sites excluding steroid dienone is 1. The van der Waals surface area contributed by atoms with Gasteiger partial charge in [0.15, 0.2) is 0 Å². The molecule has 6 nitrogen and oxygen atoms in total. The number of nitrogens with zero attached hydrogens (tertiary/aromatic N) is 1. The molecule has 6 heteroatoms. The first kappa shape index (κ1) is 18.1. The number of para-hydroxylation sites is 1. The number of carbonyl (C=O) groups excluding carboxylic acids is 2. The van der Waals surface area contributed by atoms with Gasteiger partial charge >= 0.3 is 5.63 Å². The van der Waals surface area contributed by atoms with E-state index in [1.807, 2.05) is 24.3 Å². The van der Waals surface area contributed by atoms with E-state index in [-0.39, 0.29) is 23.7 Å². The van der Waals surface area contributed by atoms with E-state index in [4.69, 9.17) is 9.15 Å². The summed E-state index contributed by atoms with van der Waals surface area (Å²) in [5.41, 5.74) is 2.67. The van der Waals surface area contributed by atoms with Gasteiger partial charge in [0.1, 0.15) is 17.9 Å². The maximum atomic E-state index is 13.5. The van der Waals surface area contributed by atoms with Crippen LogP contribution in [0.25, 0.3) is 11.0 Å². The molecule has 0 saturated carbocycles. The van der Waals surface area contributed by atoms with E-state index >= 15 is 0 Å². The average molecular weight is 413 g/mol. The fraction of sp³-hybridized carbons (Fsp3) is 0.240. The third-order valence-corrected chi connectivity index (χ3v) is 6.72. The Morgan fingerprint density at radius 2 is 1.71 bits per heavy atom. The molecular weight excluding hydrogens is 394 g/mol. The highest BCUT2D eigenvalue weighted by Gasteiger charge is 2.53. The lowest BCUT2D eigenvalue weighted by Gasteiger charge is -2.30. The third-order valence-electron chi connectivity index (χ3n) is 6.72. The van der Waals surface area contributed by atoms with Gasteiger partial charge in [-0.15, -0.1) is 0 Å². The minimum atomic E-state index is -0.423. The molecule has 1 saturated heterocycles. The van der Waals surface area contributed by atoms with Crippen molar-refractivity contribution in [3.63, 3.8) is 0 Å². The molecule has 6 rings (SSSR count). The summed E-state index contributed by atoms with van der Waals surface area (Å²) in [5.74, 6) is -0.477. The number of hydrogen-bond donors (Lipinski definition) is 0. The molecule has 2 amide bonds. The lowest BCUT2D eigenvalue weighted by Crippen LogP contribution is -2.34. The second-order valence-corrected chi connectivity index (χ2v) is 8.30. The predicted octanol–water partition coefficient (Wildman–Crippen LogP) is 3.48. The molecule has 1 aromatic heterocycles. The molecular formula is C25H19NO5. The number of hydrogen-bond acceptors (Lipinski definition) is 5. The summed E-state index contributed by atoms with van der Waals surface area (Å²) in [6, 6.07) is 15.8. The first-order chi connectivity index (χ1) is 15.1. The second-order valence-electron chi connectivity index (χ2n) is 8.30. The van der Waals surface area contributed by atoms with Crippen LogP contribution >= 0.6 is 0 Å². The van der Waals surface area contributed by atoms with Gasteiger partial charge in [0.2, 0.25) is 11.8 Å². The highest BCUT2D eigenvalue weighted by atomic mass is 16.5. The fourth-order valence-electron chi connectivity index (χ4n) is 5.28. The minimum Gasteiger partial charge on any atom is -0.489 e. The highest BCUT2D eigenvalue weighted by molar-refractivity contribution is 6.22. The quantitative estimate of drug-likeness (QED) is 0.347. The van der Waals surface area contributed by atoms with Crippen molar-refractivity contribution in [2.24, 2.45) is 17.8 Å². The van der Waals surface area contributed by atoms with E-state index in [1.54, 1.807) is 24.3 Å². The van der Waals surface area contributed by atoms with Gasteiger partial charge < -0.3 is 9.15 Å². The van der Waals surface area contributed by atoms with E-state index in [9.17, 15) is 14.4 Å². The molecule has 2 aromatic carbocycles. The lowest BCUT2D eigenvalue weighted by molar-refractivity contribution is -0.122. The van der Waals surface area contributed by atoms with Gasteiger partial charge in [-0.2, -0.15) is 0 Å². The maximum absolute atomic E-state index is 13.5. The summed E-state index contributed by atoms with van der Waals surface area (Å²) >= 11 is 0. The van der Waals surface area contributed by atoms with Crippen LogP contribution in [0.15, 0.2) is 75.5 Å². The third kappa shape index (κ3) is 2.68. The summed E-state index contributed by atoms with van der Waals surface area (Å²) in [6.07, 6.45) is 3.16. The van der Waals surface area contributed by atoms with Crippen molar-refractivity contribution >= 4 is 28.5 Å². The highest BCUT2D eigenvalue weighted by Crippen LogP contribution is 2.47. The van der Waals surface area contributed by atoms with E-state index in [2.05, 4.69) is 6.08 Å². The van der Waals surface area contributed by atoms with Gasteiger partial charge in [0.25, 0.3) is 0 Å². The Morgan fingerprint density at radius 1 is 0.871 bits per heavy atom. The Balaban J connectivity index is 1.45. The van der Waals surface area contributed by atoms with E-state index < -0.39 is 11.5 Å². The van der Waals surface area contributed by atoms with Crippen molar-refractivity contribution in [2.45, 2.75) is 12.8 Å². The molecule has 1 aliphatic carbocycles. The second kappa shape index (κ2) is 6.67. The number of imide groups is 1. The Hall–Kier alpha value is -3.67. The van der Waals surface area contributed by atoms with Crippen LogP contribution in [-0.2, 0) is 16.0 Å². The van der Waals surface area contributed by atoms with Crippen LogP contribution in [0.2, 0.25) is 0 Å². The van der Waals surface area contributed by atoms with Crippen molar-refractivity contribution in [1.82, 2.24) is 0 Å². The molecule has 0 radical (unpaired) electrons. The molecule has 3 atom stereocenters. The number of benzene rings is 2. The maximum Gasteiger partial charge on any atom is 0.336 e. The van der Waals surface area contributed by atoms with Crippen LogP contribution in [0.3, 0.4) is 0 Å². The number of ether oxygens (including phenoxy) is 1. The molecule has 3 heterocycles. The number of amides is 2. The van der Waals surface area contributed by atoms with Crippen molar-refractivity contribution < 1.29 is 18.7 Å². The van der Waals surface area contributed by atoms with Gasteiger partial charge in [0.05, 0.1) is 17.5 Å². The minimum absolute atomic E-state index is 0.134. The first-order valence-electron chi connectivity index (χ1n) is 10.4. The van der Waals surface area contributed by atoms with Crippen LogP contribution in [0.4, 0.5) is 5.69 Å². The van der Waals surface area contributed by atoms with Gasteiger partial charge in [0, 0.05) is 17.0 Å². The molecule has 0 N–H and O–H groups in total. The summed E-state index contributed by atoms with van der Waals surface area (Å²) in [4.78, 5) is 39.7. The van der Waals surface area contributed by atoms with Crippen LogP contribution in [-0.4, -0.2) is 18.4 Å². The Kier molecular flexibility index (Phi) is 3.90. The average Bonchev–Trinajstić information content (AvgIpc) is 2.92. The SMILES string of the molecule is O=C1[C@H]2[C@H](CC=C3COc4ccc5oc(=O)ccc5c4C[C@H]32)C(=O)N1c1ccccc1. The predicted molar refractivity (Wildman–Crippen MR) is 114 cm³/mol. The fourth-order valence-corrected chi connectivity index (χ4v) is 5.28. The number of anilines is 1. The van der Waals surface area contributed by atoms with Crippen molar-refractivity contribution in [3.05, 3.63) is 82.2 Å². The molecule has 3 aromatic rings. The van der Waals surface area contributed by atoms with Gasteiger partial charge in [-0.05, 0) is 54.7 Å². The molecule has 3 aliphatic rings. The molecule has 154 valence electrons. The van der Waals surface area contributed by atoms with Crippen LogP contribution in [0.1, 0.15) is 12.0 Å². The molecule has 0 spiro atoms. The normalized spacial score (nSPS) is 24.7. The van der Waals surface area contributed by atoms with Crippen molar-refractivity contribution in [1.29, 1.82) is 0 Å². The summed E-state index contributed by atoms with van der Waals surface area (Å²) in [6.45, 7) is 0.385. The van der Waals surface area contributed by atoms with Crippen molar-refractivity contribution in [3.8, 4) is 5.75 Å². The first-order valence-corrected chi connectivity index (χ1v) is 10.4. The van der Waals surface area contributed by atoms with Crippen LogP contribution in [0, 0.1) is 17.8 Å². The van der Waals surface area contributed by atoms with Gasteiger partial charge in [-0.3, -0.25) is 14.5 Å².